The molecular weight excluding hydrogens is 559 g/mol. The van der Waals surface area contributed by atoms with Gasteiger partial charge >= 0.3 is 0 Å². The van der Waals surface area contributed by atoms with E-state index in [1.54, 1.807) is 42.6 Å². The molecule has 1 fully saturated rings. The van der Waals surface area contributed by atoms with Crippen LogP contribution in [0.25, 0.3) is 10.9 Å². The molecule has 0 spiro atoms. The minimum Gasteiger partial charge on any atom is -0.300 e. The number of hydrogen-bond acceptors (Lipinski definition) is 5. The van der Waals surface area contributed by atoms with Crippen molar-refractivity contribution in [3.8, 4) is 0 Å². The first-order chi connectivity index (χ1) is 21.0. The van der Waals surface area contributed by atoms with Crippen LogP contribution in [0.1, 0.15) is 75.8 Å². The van der Waals surface area contributed by atoms with Gasteiger partial charge in [-0.3, -0.25) is 4.90 Å². The van der Waals surface area contributed by atoms with Crippen molar-refractivity contribution >= 4 is 20.9 Å². The van der Waals surface area contributed by atoms with E-state index < -0.39 is 16.0 Å². The monoisotopic (exact) mass is 604 g/mol. The van der Waals surface area contributed by atoms with Gasteiger partial charge in [0, 0.05) is 42.5 Å². The van der Waals surface area contributed by atoms with E-state index in [-0.39, 0.29) is 4.90 Å². The molecule has 230 valence electrons. The Labute approximate surface area is 256 Å². The summed E-state index contributed by atoms with van der Waals surface area (Å²) in [6, 6.07) is 20.4. The third-order valence-electron chi connectivity index (χ3n) is 8.74. The smallest absolute Gasteiger partial charge is 0.268 e. The first-order valence-electron chi connectivity index (χ1n) is 15.9. The number of unbranched alkanes of at least 4 members (excludes halogenated alkanes) is 2. The van der Waals surface area contributed by atoms with Gasteiger partial charge in [-0.15, -0.1) is 0 Å². The van der Waals surface area contributed by atoms with Crippen LogP contribution < -0.4 is 0 Å². The molecule has 0 N–H and O–H groups in total. The summed E-state index contributed by atoms with van der Waals surface area (Å²) in [7, 11) is -3.77. The molecule has 1 aliphatic rings. The first kappa shape index (κ1) is 31.4. The highest BCUT2D eigenvalue weighted by Crippen LogP contribution is 2.28. The molecule has 0 atom stereocenters. The van der Waals surface area contributed by atoms with Gasteiger partial charge in [0.1, 0.15) is 0 Å². The van der Waals surface area contributed by atoms with E-state index in [0.29, 0.717) is 30.2 Å². The average molecular weight is 605 g/mol. The number of pyridine rings is 1. The zero-order chi connectivity index (χ0) is 30.1. The Balaban J connectivity index is 1.35. The molecule has 0 bridgehead atoms. The number of rotatable bonds is 15. The predicted molar refractivity (Wildman–Crippen MR) is 172 cm³/mol. The second-order valence-corrected chi connectivity index (χ2v) is 13.7. The number of para-hydroxylation sites is 1. The molecule has 6 nitrogen and oxygen atoms in total. The van der Waals surface area contributed by atoms with Crippen molar-refractivity contribution in [1.82, 2.24) is 18.8 Å². The predicted octanol–water partition coefficient (Wildman–Crippen LogP) is 7.63. The van der Waals surface area contributed by atoms with E-state index in [4.69, 9.17) is 0 Å². The van der Waals surface area contributed by atoms with Crippen molar-refractivity contribution in [2.24, 2.45) is 0 Å². The number of hydrogen-bond donors (Lipinski definition) is 0. The molecular formula is C35H45FN4O2S. The molecule has 43 heavy (non-hydrogen) atoms. The number of nitrogens with zero attached hydrogens (tertiary/aromatic N) is 4. The van der Waals surface area contributed by atoms with E-state index in [0.717, 1.165) is 36.9 Å². The fourth-order valence-electron chi connectivity index (χ4n) is 6.42. The third-order valence-corrected chi connectivity index (χ3v) is 10.4. The van der Waals surface area contributed by atoms with Crippen molar-refractivity contribution in [2.45, 2.75) is 88.7 Å². The van der Waals surface area contributed by atoms with Crippen LogP contribution in [0.2, 0.25) is 0 Å². The molecule has 1 aliphatic carbocycles. The molecule has 0 saturated heterocycles. The summed E-state index contributed by atoms with van der Waals surface area (Å²) < 4.78 is 43.4. The van der Waals surface area contributed by atoms with Crippen LogP contribution in [0, 0.1) is 5.95 Å². The van der Waals surface area contributed by atoms with E-state index in [9.17, 15) is 12.8 Å². The SMILES string of the molecule is CCCCN(CCCCN(Cc1cccnc1F)Cc1cn(S(=O)(=O)c2ccccc2)c2ccccc12)C1CCCCC1. The van der Waals surface area contributed by atoms with Gasteiger partial charge in [-0.2, -0.15) is 4.39 Å². The first-order valence-corrected chi connectivity index (χ1v) is 17.4. The Hall–Kier alpha value is -3.07. The lowest BCUT2D eigenvalue weighted by Gasteiger charge is -2.34. The van der Waals surface area contributed by atoms with Gasteiger partial charge in [0.05, 0.1) is 10.4 Å². The Morgan fingerprint density at radius 2 is 1.53 bits per heavy atom. The average Bonchev–Trinajstić information content (AvgIpc) is 3.41. The van der Waals surface area contributed by atoms with Crippen LogP contribution in [-0.2, 0) is 23.1 Å². The van der Waals surface area contributed by atoms with E-state index in [2.05, 4.69) is 21.7 Å². The van der Waals surface area contributed by atoms with E-state index >= 15 is 0 Å². The van der Waals surface area contributed by atoms with Crippen molar-refractivity contribution < 1.29 is 12.8 Å². The molecule has 0 unspecified atom stereocenters. The second kappa shape index (κ2) is 15.1. The molecule has 5 rings (SSSR count). The lowest BCUT2D eigenvalue weighted by molar-refractivity contribution is 0.147. The van der Waals surface area contributed by atoms with Crippen molar-refractivity contribution in [3.63, 3.8) is 0 Å². The topological polar surface area (TPSA) is 58.4 Å². The zero-order valence-corrected chi connectivity index (χ0v) is 26.2. The van der Waals surface area contributed by atoms with Crippen molar-refractivity contribution in [3.05, 3.63) is 96.2 Å². The Morgan fingerprint density at radius 3 is 2.30 bits per heavy atom. The molecule has 2 aromatic heterocycles. The minimum atomic E-state index is -3.77. The minimum absolute atomic E-state index is 0.252. The standard InChI is InChI=1S/C35H45FN4O2S/c1-2-3-24-39(31-16-6-4-7-17-31)25-13-12-23-38(26-29-15-14-22-37-35(29)36)27-30-28-40(34-21-11-10-20-33(30)34)43(41,42)32-18-8-5-9-19-32/h5,8-11,14-15,18-22,28,31H,2-4,6-7,12-13,16-17,23-27H2,1H3. The van der Waals surface area contributed by atoms with Gasteiger partial charge < -0.3 is 4.90 Å². The van der Waals surface area contributed by atoms with Crippen molar-refractivity contribution in [2.75, 3.05) is 19.6 Å². The highest BCUT2D eigenvalue weighted by molar-refractivity contribution is 7.90. The molecule has 0 amide bonds. The van der Waals surface area contributed by atoms with Gasteiger partial charge in [0.15, 0.2) is 0 Å². The van der Waals surface area contributed by atoms with Crippen LogP contribution in [0.4, 0.5) is 4.39 Å². The fraction of sp³-hybridized carbons (Fsp3) is 0.457. The Bertz CT molecular complexity index is 1550. The molecule has 2 heterocycles. The number of halogens is 1. The highest BCUT2D eigenvalue weighted by atomic mass is 32.2. The highest BCUT2D eigenvalue weighted by Gasteiger charge is 2.23. The van der Waals surface area contributed by atoms with E-state index in [1.165, 1.54) is 61.7 Å². The van der Waals surface area contributed by atoms with E-state index in [1.807, 2.05) is 30.3 Å². The fourth-order valence-corrected chi connectivity index (χ4v) is 7.83. The largest absolute Gasteiger partial charge is 0.300 e. The molecule has 2 aromatic carbocycles. The molecule has 0 radical (unpaired) electrons. The maximum absolute atomic E-state index is 14.7. The maximum Gasteiger partial charge on any atom is 0.268 e. The lowest BCUT2D eigenvalue weighted by atomic mass is 9.94. The summed E-state index contributed by atoms with van der Waals surface area (Å²) >= 11 is 0. The second-order valence-electron chi connectivity index (χ2n) is 11.8. The third kappa shape index (κ3) is 7.91. The summed E-state index contributed by atoms with van der Waals surface area (Å²) in [6.07, 6.45) is 14.4. The van der Waals surface area contributed by atoms with Crippen LogP contribution >= 0.6 is 0 Å². The normalized spacial score (nSPS) is 14.7. The summed E-state index contributed by atoms with van der Waals surface area (Å²) in [5.41, 5.74) is 2.11. The van der Waals surface area contributed by atoms with Gasteiger partial charge in [0.2, 0.25) is 5.95 Å². The Morgan fingerprint density at radius 1 is 0.837 bits per heavy atom. The van der Waals surface area contributed by atoms with Gasteiger partial charge in [-0.1, -0.05) is 75.1 Å². The zero-order valence-electron chi connectivity index (χ0n) is 25.4. The van der Waals surface area contributed by atoms with Crippen LogP contribution in [0.15, 0.2) is 84.0 Å². The van der Waals surface area contributed by atoms with Crippen LogP contribution in [-0.4, -0.2) is 52.9 Å². The number of fused-ring (bicyclic) bond motifs is 1. The number of aromatic nitrogens is 2. The molecule has 1 saturated carbocycles. The van der Waals surface area contributed by atoms with Crippen LogP contribution in [0.3, 0.4) is 0 Å². The Kier molecular flexibility index (Phi) is 11.0. The van der Waals surface area contributed by atoms with Gasteiger partial charge in [-0.05, 0) is 81.6 Å². The van der Waals surface area contributed by atoms with Gasteiger partial charge in [-0.25, -0.2) is 17.4 Å². The summed E-state index contributed by atoms with van der Waals surface area (Å²) in [5, 5.41) is 0.890. The van der Waals surface area contributed by atoms with Crippen LogP contribution in [0.5, 0.6) is 0 Å². The van der Waals surface area contributed by atoms with Gasteiger partial charge in [0.25, 0.3) is 10.0 Å². The summed E-state index contributed by atoms with van der Waals surface area (Å²) in [5.74, 6) is -0.454. The lowest BCUT2D eigenvalue weighted by Crippen LogP contribution is -2.38. The summed E-state index contributed by atoms with van der Waals surface area (Å²) in [4.78, 5) is 9.08. The molecule has 0 aliphatic heterocycles. The van der Waals surface area contributed by atoms with Crippen molar-refractivity contribution in [1.29, 1.82) is 0 Å². The summed E-state index contributed by atoms with van der Waals surface area (Å²) in [6.45, 7) is 6.22. The quantitative estimate of drug-likeness (QED) is 0.103. The maximum atomic E-state index is 14.7. The number of benzene rings is 2. The molecule has 4 aromatic rings. The molecule has 8 heteroatoms.